The standard InChI is InChI=1S/C19H21NO3/c1-22-17-9-7-16(8-10-17)19(21)18(15-5-3-2-4-6-15)20-11-13-23-14-12-20/h2-10,18H,11-14H2,1H3/t18-/m1/s1. The number of carbonyl (C=O) groups is 1. The van der Waals surface area contributed by atoms with Crippen LogP contribution in [0.4, 0.5) is 0 Å². The fourth-order valence-electron chi connectivity index (χ4n) is 2.91. The third-order valence-corrected chi connectivity index (χ3v) is 4.15. The molecule has 4 heteroatoms. The van der Waals surface area contributed by atoms with Crippen LogP contribution < -0.4 is 4.74 Å². The number of hydrogen-bond acceptors (Lipinski definition) is 4. The molecule has 1 heterocycles. The van der Waals surface area contributed by atoms with Gasteiger partial charge in [0.1, 0.15) is 5.75 Å². The van der Waals surface area contributed by atoms with Crippen molar-refractivity contribution < 1.29 is 14.3 Å². The molecule has 0 bridgehead atoms. The maximum absolute atomic E-state index is 13.1. The number of morpholine rings is 1. The Morgan fingerprint density at radius 2 is 1.70 bits per heavy atom. The minimum atomic E-state index is -0.270. The zero-order chi connectivity index (χ0) is 16.1. The molecule has 23 heavy (non-hydrogen) atoms. The van der Waals surface area contributed by atoms with E-state index in [-0.39, 0.29) is 11.8 Å². The fourth-order valence-corrected chi connectivity index (χ4v) is 2.91. The Bertz CT molecular complexity index is 633. The average molecular weight is 311 g/mol. The van der Waals surface area contributed by atoms with Crippen LogP contribution in [-0.4, -0.2) is 44.1 Å². The van der Waals surface area contributed by atoms with Gasteiger partial charge in [0.15, 0.2) is 5.78 Å². The molecule has 2 aromatic carbocycles. The molecule has 3 rings (SSSR count). The van der Waals surface area contributed by atoms with Gasteiger partial charge in [-0.1, -0.05) is 30.3 Å². The van der Waals surface area contributed by atoms with E-state index in [2.05, 4.69) is 4.90 Å². The number of nitrogens with zero attached hydrogens (tertiary/aromatic N) is 1. The second-order valence-corrected chi connectivity index (χ2v) is 5.55. The van der Waals surface area contributed by atoms with E-state index in [4.69, 9.17) is 9.47 Å². The van der Waals surface area contributed by atoms with Crippen molar-refractivity contribution in [2.24, 2.45) is 0 Å². The van der Waals surface area contributed by atoms with Gasteiger partial charge in [-0.3, -0.25) is 9.69 Å². The van der Waals surface area contributed by atoms with Gasteiger partial charge < -0.3 is 9.47 Å². The second kappa shape index (κ2) is 7.40. The van der Waals surface area contributed by atoms with Crippen LogP contribution in [0.5, 0.6) is 5.75 Å². The zero-order valence-corrected chi connectivity index (χ0v) is 13.3. The second-order valence-electron chi connectivity index (χ2n) is 5.55. The Labute approximate surface area is 136 Å². The van der Waals surface area contributed by atoms with Crippen LogP contribution in [0.15, 0.2) is 54.6 Å². The first-order valence-corrected chi connectivity index (χ1v) is 7.84. The minimum absolute atomic E-state index is 0.112. The van der Waals surface area contributed by atoms with Gasteiger partial charge in [0, 0.05) is 18.7 Å². The maximum Gasteiger partial charge on any atom is 0.184 e. The van der Waals surface area contributed by atoms with Crippen molar-refractivity contribution in [3.8, 4) is 5.75 Å². The number of rotatable bonds is 5. The lowest BCUT2D eigenvalue weighted by Crippen LogP contribution is -2.42. The number of benzene rings is 2. The minimum Gasteiger partial charge on any atom is -0.497 e. The Kier molecular flexibility index (Phi) is 5.05. The molecule has 1 aliphatic rings. The van der Waals surface area contributed by atoms with Crippen LogP contribution in [0.2, 0.25) is 0 Å². The number of Topliss-reactive ketones (excluding diaryl/α,β-unsaturated/α-hetero) is 1. The molecule has 1 atom stereocenters. The molecule has 0 spiro atoms. The molecule has 4 nitrogen and oxygen atoms in total. The zero-order valence-electron chi connectivity index (χ0n) is 13.3. The highest BCUT2D eigenvalue weighted by atomic mass is 16.5. The monoisotopic (exact) mass is 311 g/mol. The number of hydrogen-bond donors (Lipinski definition) is 0. The summed E-state index contributed by atoms with van der Waals surface area (Å²) in [6.07, 6.45) is 0. The lowest BCUT2D eigenvalue weighted by atomic mass is 9.95. The van der Waals surface area contributed by atoms with E-state index in [0.29, 0.717) is 18.8 Å². The number of ether oxygens (including phenoxy) is 2. The maximum atomic E-state index is 13.1. The highest BCUT2D eigenvalue weighted by molar-refractivity contribution is 6.00. The van der Waals surface area contributed by atoms with Crippen molar-refractivity contribution in [3.05, 3.63) is 65.7 Å². The van der Waals surface area contributed by atoms with Crippen LogP contribution in [0, 0.1) is 0 Å². The molecule has 0 saturated carbocycles. The van der Waals surface area contributed by atoms with Crippen molar-refractivity contribution in [3.63, 3.8) is 0 Å². The van der Waals surface area contributed by atoms with Crippen LogP contribution >= 0.6 is 0 Å². The summed E-state index contributed by atoms with van der Waals surface area (Å²) in [4.78, 5) is 15.3. The summed E-state index contributed by atoms with van der Waals surface area (Å²) in [6.45, 7) is 2.86. The van der Waals surface area contributed by atoms with Gasteiger partial charge in [0.25, 0.3) is 0 Å². The van der Waals surface area contributed by atoms with E-state index >= 15 is 0 Å². The van der Waals surface area contributed by atoms with Gasteiger partial charge in [-0.05, 0) is 29.8 Å². The predicted octanol–water partition coefficient (Wildman–Crippen LogP) is 2.95. The Hall–Kier alpha value is -2.17. The summed E-state index contributed by atoms with van der Waals surface area (Å²) in [6, 6.07) is 17.0. The lowest BCUT2D eigenvalue weighted by Gasteiger charge is -2.33. The van der Waals surface area contributed by atoms with E-state index < -0.39 is 0 Å². The number of carbonyl (C=O) groups excluding carboxylic acids is 1. The number of methoxy groups -OCH3 is 1. The Morgan fingerprint density at radius 3 is 2.30 bits per heavy atom. The van der Waals surface area contributed by atoms with Gasteiger partial charge in [0.2, 0.25) is 0 Å². The van der Waals surface area contributed by atoms with Gasteiger partial charge in [-0.25, -0.2) is 0 Å². The van der Waals surface area contributed by atoms with Crippen LogP contribution in [0.1, 0.15) is 22.0 Å². The Balaban J connectivity index is 1.91. The molecule has 0 aliphatic carbocycles. The van der Waals surface area contributed by atoms with Crippen molar-refractivity contribution in [2.45, 2.75) is 6.04 Å². The van der Waals surface area contributed by atoms with Crippen molar-refractivity contribution in [2.75, 3.05) is 33.4 Å². The third kappa shape index (κ3) is 3.60. The average Bonchev–Trinajstić information content (AvgIpc) is 2.64. The highest BCUT2D eigenvalue weighted by Crippen LogP contribution is 2.26. The Morgan fingerprint density at radius 1 is 1.04 bits per heavy atom. The molecule has 1 aliphatic heterocycles. The van der Waals surface area contributed by atoms with Crippen molar-refractivity contribution >= 4 is 5.78 Å². The summed E-state index contributed by atoms with van der Waals surface area (Å²) in [5.74, 6) is 0.866. The SMILES string of the molecule is COc1ccc(C(=O)[C@@H](c2ccccc2)N2CCOCC2)cc1. The van der Waals surface area contributed by atoms with Gasteiger partial charge in [0.05, 0.1) is 26.4 Å². The predicted molar refractivity (Wildman–Crippen MR) is 88.9 cm³/mol. The topological polar surface area (TPSA) is 38.8 Å². The normalized spacial score (nSPS) is 16.7. The van der Waals surface area contributed by atoms with E-state index in [0.717, 1.165) is 24.4 Å². The number of ketones is 1. The van der Waals surface area contributed by atoms with Gasteiger partial charge in [-0.15, -0.1) is 0 Å². The van der Waals surface area contributed by atoms with E-state index in [9.17, 15) is 4.79 Å². The largest absolute Gasteiger partial charge is 0.497 e. The summed E-state index contributed by atoms with van der Waals surface area (Å²) in [5, 5.41) is 0. The highest BCUT2D eigenvalue weighted by Gasteiger charge is 2.29. The van der Waals surface area contributed by atoms with Crippen molar-refractivity contribution in [1.29, 1.82) is 0 Å². The molecule has 0 radical (unpaired) electrons. The molecule has 120 valence electrons. The molecule has 1 fully saturated rings. The summed E-state index contributed by atoms with van der Waals surface area (Å²) < 4.78 is 10.6. The van der Waals surface area contributed by atoms with Gasteiger partial charge in [-0.2, -0.15) is 0 Å². The smallest absolute Gasteiger partial charge is 0.184 e. The van der Waals surface area contributed by atoms with Crippen LogP contribution in [0.25, 0.3) is 0 Å². The molecule has 0 aromatic heterocycles. The van der Waals surface area contributed by atoms with E-state index in [1.54, 1.807) is 7.11 Å². The molecule has 0 unspecified atom stereocenters. The lowest BCUT2D eigenvalue weighted by molar-refractivity contribution is 0.0172. The van der Waals surface area contributed by atoms with E-state index in [1.165, 1.54) is 0 Å². The van der Waals surface area contributed by atoms with Crippen LogP contribution in [0.3, 0.4) is 0 Å². The first-order chi connectivity index (χ1) is 11.3. The first kappa shape index (κ1) is 15.7. The quantitative estimate of drug-likeness (QED) is 0.796. The van der Waals surface area contributed by atoms with Gasteiger partial charge >= 0.3 is 0 Å². The summed E-state index contributed by atoms with van der Waals surface area (Å²) in [5.41, 5.74) is 1.72. The molecule has 0 amide bonds. The fraction of sp³-hybridized carbons (Fsp3) is 0.316. The summed E-state index contributed by atoms with van der Waals surface area (Å²) in [7, 11) is 1.62. The first-order valence-electron chi connectivity index (χ1n) is 7.84. The molecule has 0 N–H and O–H groups in total. The molecular formula is C19H21NO3. The molecule has 1 saturated heterocycles. The van der Waals surface area contributed by atoms with Crippen LogP contribution in [-0.2, 0) is 4.74 Å². The molecular weight excluding hydrogens is 290 g/mol. The van der Waals surface area contributed by atoms with Crippen molar-refractivity contribution in [1.82, 2.24) is 4.90 Å². The summed E-state index contributed by atoms with van der Waals surface area (Å²) >= 11 is 0. The van der Waals surface area contributed by atoms with E-state index in [1.807, 2.05) is 54.6 Å². The third-order valence-electron chi connectivity index (χ3n) is 4.15. The molecule has 2 aromatic rings.